The van der Waals surface area contributed by atoms with Gasteiger partial charge in [0.05, 0.1) is 45.1 Å². The average Bonchev–Trinajstić information content (AvgIpc) is 3.25. The molecule has 0 aromatic carbocycles. The van der Waals surface area contributed by atoms with Crippen LogP contribution in [0.4, 0.5) is 4.79 Å². The second-order valence-electron chi connectivity index (χ2n) is 7.41. The molecular weight excluding hydrogens is 394 g/mol. The lowest BCUT2D eigenvalue weighted by Gasteiger charge is -2.16. The zero-order valence-electron chi connectivity index (χ0n) is 17.6. The fourth-order valence-corrected chi connectivity index (χ4v) is 4.96. The number of urea groups is 1. The van der Waals surface area contributed by atoms with Crippen molar-refractivity contribution >= 4 is 23.7 Å². The van der Waals surface area contributed by atoms with E-state index in [1.54, 1.807) is 0 Å². The smallest absolute Gasteiger partial charge is 0.315 e. The molecule has 2 aliphatic rings. The summed E-state index contributed by atoms with van der Waals surface area (Å²) >= 11 is 1.91. The molecular formula is C20H37N3O5S. The van der Waals surface area contributed by atoms with Crippen LogP contribution in [0.2, 0.25) is 0 Å². The number of ether oxygens (including phenoxy) is 3. The SMILES string of the molecule is CCCCOCCOCCOCCNC(=O)CCCC[C@H]1SC[C@H]2NC(=O)N[C@H]21. The third kappa shape index (κ3) is 10.0. The Labute approximate surface area is 178 Å². The van der Waals surface area contributed by atoms with Crippen molar-refractivity contribution in [2.24, 2.45) is 0 Å². The van der Waals surface area contributed by atoms with Crippen LogP contribution in [0.3, 0.4) is 0 Å². The van der Waals surface area contributed by atoms with Gasteiger partial charge in [-0.15, -0.1) is 0 Å². The van der Waals surface area contributed by atoms with Gasteiger partial charge in [0.25, 0.3) is 0 Å². The topological polar surface area (TPSA) is 97.9 Å². The fraction of sp³-hybridized carbons (Fsp3) is 0.900. The Morgan fingerprint density at radius 3 is 2.52 bits per heavy atom. The van der Waals surface area contributed by atoms with E-state index in [2.05, 4.69) is 22.9 Å². The van der Waals surface area contributed by atoms with Crippen LogP contribution in [-0.4, -0.2) is 81.2 Å². The van der Waals surface area contributed by atoms with Crippen LogP contribution in [0.1, 0.15) is 45.4 Å². The molecule has 2 rings (SSSR count). The molecule has 3 N–H and O–H groups in total. The quantitative estimate of drug-likeness (QED) is 0.239. The number of rotatable bonds is 17. The van der Waals surface area contributed by atoms with Gasteiger partial charge in [0, 0.05) is 30.6 Å². The Balaban J connectivity index is 1.33. The zero-order chi connectivity index (χ0) is 20.7. The molecule has 3 amide bonds. The number of unbranched alkanes of at least 4 members (excludes halogenated alkanes) is 2. The summed E-state index contributed by atoms with van der Waals surface area (Å²) < 4.78 is 16.3. The first-order valence-corrected chi connectivity index (χ1v) is 11.9. The van der Waals surface area contributed by atoms with E-state index < -0.39 is 0 Å². The van der Waals surface area contributed by atoms with E-state index in [1.165, 1.54) is 0 Å². The van der Waals surface area contributed by atoms with E-state index in [0.717, 1.165) is 44.5 Å². The van der Waals surface area contributed by atoms with E-state index in [0.29, 0.717) is 51.2 Å². The minimum atomic E-state index is -0.0464. The highest BCUT2D eigenvalue weighted by atomic mass is 32.2. The molecule has 2 aliphatic heterocycles. The van der Waals surface area contributed by atoms with Crippen LogP contribution in [0, 0.1) is 0 Å². The minimum absolute atomic E-state index is 0.0464. The zero-order valence-corrected chi connectivity index (χ0v) is 18.4. The molecule has 168 valence electrons. The van der Waals surface area contributed by atoms with Gasteiger partial charge in [0.15, 0.2) is 0 Å². The third-order valence-corrected chi connectivity index (χ3v) is 6.54. The summed E-state index contributed by atoms with van der Waals surface area (Å²) in [6, 6.07) is 0.469. The van der Waals surface area contributed by atoms with Crippen molar-refractivity contribution in [3.8, 4) is 0 Å². The van der Waals surface area contributed by atoms with Gasteiger partial charge >= 0.3 is 6.03 Å². The van der Waals surface area contributed by atoms with Gasteiger partial charge in [-0.3, -0.25) is 4.79 Å². The van der Waals surface area contributed by atoms with Crippen LogP contribution in [0.15, 0.2) is 0 Å². The third-order valence-electron chi connectivity index (χ3n) is 5.04. The lowest BCUT2D eigenvalue weighted by molar-refractivity contribution is -0.121. The van der Waals surface area contributed by atoms with Crippen LogP contribution < -0.4 is 16.0 Å². The summed E-state index contributed by atoms with van der Waals surface area (Å²) in [7, 11) is 0. The monoisotopic (exact) mass is 431 g/mol. The van der Waals surface area contributed by atoms with Gasteiger partial charge in [-0.1, -0.05) is 19.8 Å². The predicted molar refractivity (Wildman–Crippen MR) is 114 cm³/mol. The molecule has 0 aliphatic carbocycles. The van der Waals surface area contributed by atoms with E-state index in [9.17, 15) is 9.59 Å². The molecule has 0 spiro atoms. The molecule has 2 saturated heterocycles. The predicted octanol–water partition coefficient (Wildman–Crippen LogP) is 1.68. The number of hydrogen-bond donors (Lipinski definition) is 3. The van der Waals surface area contributed by atoms with Crippen molar-refractivity contribution in [3.05, 3.63) is 0 Å². The summed E-state index contributed by atoms with van der Waals surface area (Å²) in [5, 5.41) is 9.30. The summed E-state index contributed by atoms with van der Waals surface area (Å²) in [4.78, 5) is 23.2. The van der Waals surface area contributed by atoms with Gasteiger partial charge in [-0.05, 0) is 19.3 Å². The highest BCUT2D eigenvalue weighted by molar-refractivity contribution is 8.00. The lowest BCUT2D eigenvalue weighted by Crippen LogP contribution is -2.36. The maximum atomic E-state index is 11.9. The fourth-order valence-electron chi connectivity index (χ4n) is 3.41. The van der Waals surface area contributed by atoms with E-state index >= 15 is 0 Å². The highest BCUT2D eigenvalue weighted by Gasteiger charge is 2.42. The summed E-state index contributed by atoms with van der Waals surface area (Å²) in [6.45, 7) is 6.25. The molecule has 3 atom stereocenters. The Bertz CT molecular complexity index is 483. The van der Waals surface area contributed by atoms with Crippen LogP contribution in [0.5, 0.6) is 0 Å². The van der Waals surface area contributed by atoms with Gasteiger partial charge < -0.3 is 30.2 Å². The summed E-state index contributed by atoms with van der Waals surface area (Å²) in [5.74, 6) is 1.05. The first-order chi connectivity index (χ1) is 14.2. The normalized spacial score (nSPS) is 22.9. The highest BCUT2D eigenvalue weighted by Crippen LogP contribution is 2.33. The Kier molecular flexibility index (Phi) is 12.4. The van der Waals surface area contributed by atoms with Gasteiger partial charge in [-0.2, -0.15) is 11.8 Å². The maximum absolute atomic E-state index is 11.9. The Morgan fingerprint density at radius 2 is 1.76 bits per heavy atom. The molecule has 2 heterocycles. The van der Waals surface area contributed by atoms with E-state index in [-0.39, 0.29) is 24.0 Å². The number of nitrogens with one attached hydrogen (secondary N) is 3. The standard InChI is InChI=1S/C20H37N3O5S/c1-2-3-9-26-11-13-28-14-12-27-10-8-21-18(24)7-5-4-6-17-19-16(15-29-17)22-20(25)23-19/h16-17,19H,2-15H2,1H3,(H,21,24)(H2,22,23,25)/t16-,17-,19-/m1/s1. The van der Waals surface area contributed by atoms with Crippen molar-refractivity contribution in [1.29, 1.82) is 0 Å². The number of fused-ring (bicyclic) bond motifs is 1. The molecule has 0 unspecified atom stereocenters. The maximum Gasteiger partial charge on any atom is 0.315 e. The van der Waals surface area contributed by atoms with Crippen LogP contribution in [-0.2, 0) is 19.0 Å². The first-order valence-electron chi connectivity index (χ1n) is 10.9. The molecule has 29 heavy (non-hydrogen) atoms. The molecule has 0 aromatic heterocycles. The van der Waals surface area contributed by atoms with E-state index in [1.807, 2.05) is 11.8 Å². The van der Waals surface area contributed by atoms with Gasteiger partial charge in [-0.25, -0.2) is 4.79 Å². The Hall–Kier alpha value is -1.03. The largest absolute Gasteiger partial charge is 0.379 e. The molecule has 0 saturated carbocycles. The minimum Gasteiger partial charge on any atom is -0.379 e. The number of carbonyl (C=O) groups is 2. The van der Waals surface area contributed by atoms with Crippen molar-refractivity contribution in [1.82, 2.24) is 16.0 Å². The number of carbonyl (C=O) groups excluding carboxylic acids is 2. The van der Waals surface area contributed by atoms with Gasteiger partial charge in [0.2, 0.25) is 5.91 Å². The molecule has 0 aromatic rings. The molecule has 2 fully saturated rings. The summed E-state index contributed by atoms with van der Waals surface area (Å²) in [6.07, 6.45) is 5.68. The average molecular weight is 432 g/mol. The van der Waals surface area contributed by atoms with Crippen molar-refractivity contribution in [2.45, 2.75) is 62.8 Å². The number of amides is 3. The van der Waals surface area contributed by atoms with Crippen LogP contribution in [0.25, 0.3) is 0 Å². The molecule has 9 heteroatoms. The summed E-state index contributed by atoms with van der Waals surface area (Å²) in [5.41, 5.74) is 0. The van der Waals surface area contributed by atoms with Crippen molar-refractivity contribution < 1.29 is 23.8 Å². The van der Waals surface area contributed by atoms with Crippen molar-refractivity contribution in [3.63, 3.8) is 0 Å². The molecule has 0 radical (unpaired) electrons. The Morgan fingerprint density at radius 1 is 1.03 bits per heavy atom. The number of hydrogen-bond acceptors (Lipinski definition) is 6. The second-order valence-corrected chi connectivity index (χ2v) is 8.68. The lowest BCUT2D eigenvalue weighted by atomic mass is 10.0. The van der Waals surface area contributed by atoms with Crippen molar-refractivity contribution in [2.75, 3.05) is 51.9 Å². The second kappa shape index (κ2) is 14.9. The van der Waals surface area contributed by atoms with Crippen LogP contribution >= 0.6 is 11.8 Å². The number of thioether (sulfide) groups is 1. The van der Waals surface area contributed by atoms with E-state index in [4.69, 9.17) is 14.2 Å². The molecule has 0 bridgehead atoms. The van der Waals surface area contributed by atoms with Gasteiger partial charge in [0.1, 0.15) is 0 Å². The first kappa shape index (κ1) is 24.2. The molecule has 8 nitrogen and oxygen atoms in total.